The minimum atomic E-state index is -0.720. The van der Waals surface area contributed by atoms with E-state index in [0.29, 0.717) is 0 Å². The summed E-state index contributed by atoms with van der Waals surface area (Å²) >= 11 is 0. The monoisotopic (exact) mass is 284 g/mol. The number of hydrogen-bond donors (Lipinski definition) is 1. The molecule has 1 unspecified atom stereocenters. The summed E-state index contributed by atoms with van der Waals surface area (Å²) in [6.45, 7) is 2.09. The highest BCUT2D eigenvalue weighted by molar-refractivity contribution is 5.68. The molecule has 0 aliphatic heterocycles. The van der Waals surface area contributed by atoms with E-state index < -0.39 is 5.97 Å². The van der Waals surface area contributed by atoms with Crippen LogP contribution in [0.5, 0.6) is 0 Å². The van der Waals surface area contributed by atoms with Crippen LogP contribution < -0.4 is 0 Å². The van der Waals surface area contributed by atoms with Gasteiger partial charge in [0.2, 0.25) is 0 Å². The number of aromatic nitrogens is 2. The van der Waals surface area contributed by atoms with E-state index in [0.717, 1.165) is 37.1 Å². The molecule has 1 heterocycles. The van der Waals surface area contributed by atoms with E-state index in [1.54, 1.807) is 0 Å². The van der Waals surface area contributed by atoms with Gasteiger partial charge in [-0.15, -0.1) is 0 Å². The molecule has 110 valence electrons. The van der Waals surface area contributed by atoms with E-state index in [4.69, 9.17) is 10.2 Å². The van der Waals surface area contributed by atoms with Crippen molar-refractivity contribution in [1.29, 1.82) is 0 Å². The molecule has 0 spiro atoms. The van der Waals surface area contributed by atoms with Gasteiger partial charge in [0.05, 0.1) is 17.8 Å². The molecule has 1 aliphatic rings. The lowest BCUT2D eigenvalue weighted by Crippen LogP contribution is -2.15. The van der Waals surface area contributed by atoms with Crippen molar-refractivity contribution in [3.05, 3.63) is 47.3 Å². The second-order valence-corrected chi connectivity index (χ2v) is 5.59. The number of para-hydroxylation sites is 1. The highest BCUT2D eigenvalue weighted by atomic mass is 16.4. The molecule has 1 N–H and O–H groups in total. The van der Waals surface area contributed by atoms with Crippen LogP contribution in [0.1, 0.15) is 49.1 Å². The van der Waals surface area contributed by atoms with Crippen molar-refractivity contribution in [2.75, 3.05) is 0 Å². The first-order valence-electron chi connectivity index (χ1n) is 7.58. The molecule has 4 nitrogen and oxygen atoms in total. The molecule has 0 saturated carbocycles. The lowest BCUT2D eigenvalue weighted by atomic mass is 9.82. The molecule has 2 aromatic rings. The number of carboxylic acid groups (broad SMARTS) is 1. The van der Waals surface area contributed by atoms with Gasteiger partial charge in [0.15, 0.2) is 0 Å². The Kier molecular flexibility index (Phi) is 3.78. The SMILES string of the molecule is CCc1nn(-c2ccccc2)c2c1C(CC(=O)O)CCC2. The van der Waals surface area contributed by atoms with Gasteiger partial charge in [-0.2, -0.15) is 5.10 Å². The number of carbonyl (C=O) groups is 1. The molecule has 1 atom stereocenters. The Labute approximate surface area is 124 Å². The van der Waals surface area contributed by atoms with Crippen LogP contribution in [-0.2, 0) is 17.6 Å². The molecular weight excluding hydrogens is 264 g/mol. The van der Waals surface area contributed by atoms with Crippen LogP contribution >= 0.6 is 0 Å². The van der Waals surface area contributed by atoms with E-state index >= 15 is 0 Å². The molecule has 0 saturated heterocycles. The number of rotatable bonds is 4. The molecule has 1 aromatic heterocycles. The molecule has 0 fully saturated rings. The standard InChI is InChI=1S/C17H20N2O2/c1-2-14-17-12(11-16(20)21)7-6-10-15(17)19(18-14)13-8-4-3-5-9-13/h3-5,8-9,12H,2,6-7,10-11H2,1H3,(H,20,21). The Hall–Kier alpha value is -2.10. The van der Waals surface area contributed by atoms with Gasteiger partial charge in [0.1, 0.15) is 0 Å². The summed E-state index contributed by atoms with van der Waals surface area (Å²) in [7, 11) is 0. The number of carboxylic acids is 1. The average molecular weight is 284 g/mol. The maximum Gasteiger partial charge on any atom is 0.303 e. The van der Waals surface area contributed by atoms with Crippen molar-refractivity contribution in [3.8, 4) is 5.69 Å². The summed E-state index contributed by atoms with van der Waals surface area (Å²) in [5, 5.41) is 13.9. The van der Waals surface area contributed by atoms with Crippen LogP contribution in [0.25, 0.3) is 5.69 Å². The van der Waals surface area contributed by atoms with Gasteiger partial charge < -0.3 is 5.11 Å². The smallest absolute Gasteiger partial charge is 0.303 e. The number of hydrogen-bond acceptors (Lipinski definition) is 2. The molecule has 0 radical (unpaired) electrons. The summed E-state index contributed by atoms with van der Waals surface area (Å²) in [5.74, 6) is -0.610. The van der Waals surface area contributed by atoms with Gasteiger partial charge in [0.25, 0.3) is 0 Å². The summed E-state index contributed by atoms with van der Waals surface area (Å²) < 4.78 is 2.02. The third kappa shape index (κ3) is 2.58. The first-order chi connectivity index (χ1) is 10.2. The first-order valence-corrected chi connectivity index (χ1v) is 7.58. The van der Waals surface area contributed by atoms with Crippen molar-refractivity contribution in [2.24, 2.45) is 0 Å². The van der Waals surface area contributed by atoms with Gasteiger partial charge in [-0.3, -0.25) is 4.79 Å². The van der Waals surface area contributed by atoms with E-state index in [9.17, 15) is 4.79 Å². The Morgan fingerprint density at radius 2 is 2.14 bits per heavy atom. The maximum absolute atomic E-state index is 11.1. The summed E-state index contributed by atoms with van der Waals surface area (Å²) in [6.07, 6.45) is 4.02. The van der Waals surface area contributed by atoms with Crippen LogP contribution in [0.2, 0.25) is 0 Å². The van der Waals surface area contributed by atoms with Crippen molar-refractivity contribution in [1.82, 2.24) is 9.78 Å². The van der Waals surface area contributed by atoms with Gasteiger partial charge in [-0.05, 0) is 43.7 Å². The highest BCUT2D eigenvalue weighted by Crippen LogP contribution is 2.37. The number of fused-ring (bicyclic) bond motifs is 1. The zero-order valence-corrected chi connectivity index (χ0v) is 12.2. The van der Waals surface area contributed by atoms with E-state index in [2.05, 4.69) is 6.92 Å². The third-order valence-corrected chi connectivity index (χ3v) is 4.23. The van der Waals surface area contributed by atoms with Gasteiger partial charge in [-0.1, -0.05) is 25.1 Å². The normalized spacial score (nSPS) is 17.5. The van der Waals surface area contributed by atoms with Gasteiger partial charge in [-0.25, -0.2) is 4.68 Å². The van der Waals surface area contributed by atoms with Crippen LogP contribution in [-0.4, -0.2) is 20.9 Å². The van der Waals surface area contributed by atoms with Crippen LogP contribution in [0.4, 0.5) is 0 Å². The Bertz CT molecular complexity index is 646. The Morgan fingerprint density at radius 3 is 2.81 bits per heavy atom. The lowest BCUT2D eigenvalue weighted by Gasteiger charge is -2.22. The minimum Gasteiger partial charge on any atom is -0.481 e. The predicted octanol–water partition coefficient (Wildman–Crippen LogP) is 3.33. The second-order valence-electron chi connectivity index (χ2n) is 5.59. The number of aliphatic carboxylic acids is 1. The average Bonchev–Trinajstić information content (AvgIpc) is 2.87. The van der Waals surface area contributed by atoms with Gasteiger partial charge in [0, 0.05) is 11.3 Å². The first kappa shape index (κ1) is 13.9. The van der Waals surface area contributed by atoms with Crippen molar-refractivity contribution in [2.45, 2.75) is 44.9 Å². The fourth-order valence-electron chi connectivity index (χ4n) is 3.35. The summed E-state index contributed by atoms with van der Waals surface area (Å²) in [4.78, 5) is 11.1. The lowest BCUT2D eigenvalue weighted by molar-refractivity contribution is -0.137. The van der Waals surface area contributed by atoms with E-state index in [1.807, 2.05) is 35.0 Å². The molecule has 0 amide bonds. The zero-order valence-electron chi connectivity index (χ0n) is 12.2. The molecular formula is C17H20N2O2. The second kappa shape index (κ2) is 5.72. The number of nitrogens with zero attached hydrogens (tertiary/aromatic N) is 2. The minimum absolute atomic E-state index is 0.110. The molecule has 0 bridgehead atoms. The predicted molar refractivity (Wildman–Crippen MR) is 80.9 cm³/mol. The number of benzene rings is 1. The fraction of sp³-hybridized carbons (Fsp3) is 0.412. The van der Waals surface area contributed by atoms with Crippen molar-refractivity contribution in [3.63, 3.8) is 0 Å². The van der Waals surface area contributed by atoms with Crippen molar-refractivity contribution < 1.29 is 9.90 Å². The molecule has 1 aromatic carbocycles. The zero-order chi connectivity index (χ0) is 14.8. The quantitative estimate of drug-likeness (QED) is 0.937. The van der Waals surface area contributed by atoms with Crippen LogP contribution in [0.3, 0.4) is 0 Å². The molecule has 3 rings (SSSR count). The molecule has 1 aliphatic carbocycles. The Morgan fingerprint density at radius 1 is 1.38 bits per heavy atom. The van der Waals surface area contributed by atoms with Crippen LogP contribution in [0, 0.1) is 0 Å². The maximum atomic E-state index is 11.1. The topological polar surface area (TPSA) is 55.1 Å². The molecule has 21 heavy (non-hydrogen) atoms. The van der Waals surface area contributed by atoms with E-state index in [1.165, 1.54) is 11.3 Å². The number of aryl methyl sites for hydroxylation is 1. The van der Waals surface area contributed by atoms with Crippen molar-refractivity contribution >= 4 is 5.97 Å². The van der Waals surface area contributed by atoms with E-state index in [-0.39, 0.29) is 12.3 Å². The largest absolute Gasteiger partial charge is 0.481 e. The fourth-order valence-corrected chi connectivity index (χ4v) is 3.35. The van der Waals surface area contributed by atoms with Gasteiger partial charge >= 0.3 is 5.97 Å². The van der Waals surface area contributed by atoms with Crippen LogP contribution in [0.15, 0.2) is 30.3 Å². The Balaban J connectivity index is 2.09. The summed E-state index contributed by atoms with van der Waals surface area (Å²) in [6, 6.07) is 10.1. The molecule has 4 heteroatoms. The summed E-state index contributed by atoms with van der Waals surface area (Å²) in [5.41, 5.74) is 4.51. The third-order valence-electron chi connectivity index (χ3n) is 4.23. The highest BCUT2D eigenvalue weighted by Gasteiger charge is 2.29.